The van der Waals surface area contributed by atoms with Crippen molar-refractivity contribution in [2.75, 3.05) is 44.7 Å². The van der Waals surface area contributed by atoms with Crippen molar-refractivity contribution in [3.05, 3.63) is 29.8 Å². The smallest absolute Gasteiger partial charge is 0.305 e. The highest BCUT2D eigenvalue weighted by Gasteiger charge is 2.17. The largest absolute Gasteiger partial charge is 0.469 e. The number of hydrogen-bond acceptors (Lipinski definition) is 4. The number of nitrogens with zero attached hydrogens (tertiary/aromatic N) is 2. The lowest BCUT2D eigenvalue weighted by molar-refractivity contribution is -0.140. The number of hydrogen-bond donors (Lipinski definition) is 0. The van der Waals surface area contributed by atoms with Gasteiger partial charge in [0.05, 0.1) is 7.11 Å². The Labute approximate surface area is 121 Å². The standard InChI is InChI=1S/C16H24N2O2/c1-14-5-3-6-15(13-14)18-11-9-17(10-12-18)8-4-7-16(19)20-2/h3,5-6,13H,4,7-12H2,1-2H3. The van der Waals surface area contributed by atoms with E-state index in [9.17, 15) is 4.79 Å². The third-order valence-electron chi connectivity index (χ3n) is 3.82. The summed E-state index contributed by atoms with van der Waals surface area (Å²) in [4.78, 5) is 15.9. The molecule has 4 heteroatoms. The number of aryl methyl sites for hydroxylation is 1. The van der Waals surface area contributed by atoms with Crippen molar-refractivity contribution in [2.45, 2.75) is 19.8 Å². The van der Waals surface area contributed by atoms with Crippen LogP contribution in [-0.2, 0) is 9.53 Å². The molecular formula is C16H24N2O2. The predicted octanol–water partition coefficient (Wildman–Crippen LogP) is 2.07. The Kier molecular flexibility index (Phi) is 5.41. The third kappa shape index (κ3) is 4.23. The Bertz CT molecular complexity index is 440. The van der Waals surface area contributed by atoms with Gasteiger partial charge in [-0.15, -0.1) is 0 Å². The van der Waals surface area contributed by atoms with E-state index in [1.54, 1.807) is 0 Å². The Balaban J connectivity index is 1.74. The molecule has 0 radical (unpaired) electrons. The summed E-state index contributed by atoms with van der Waals surface area (Å²) in [5.41, 5.74) is 2.63. The fraction of sp³-hybridized carbons (Fsp3) is 0.562. The number of ether oxygens (including phenoxy) is 1. The van der Waals surface area contributed by atoms with E-state index in [-0.39, 0.29) is 5.97 Å². The van der Waals surface area contributed by atoms with Crippen molar-refractivity contribution in [3.63, 3.8) is 0 Å². The molecular weight excluding hydrogens is 252 g/mol. The first-order chi connectivity index (χ1) is 9.69. The van der Waals surface area contributed by atoms with E-state index in [1.807, 2.05) is 0 Å². The molecule has 4 nitrogen and oxygen atoms in total. The zero-order chi connectivity index (χ0) is 14.4. The van der Waals surface area contributed by atoms with Gasteiger partial charge in [0.2, 0.25) is 0 Å². The zero-order valence-corrected chi connectivity index (χ0v) is 12.5. The summed E-state index contributed by atoms with van der Waals surface area (Å²) in [5.74, 6) is -0.108. The highest BCUT2D eigenvalue weighted by molar-refractivity contribution is 5.69. The van der Waals surface area contributed by atoms with Crippen LogP contribution in [0, 0.1) is 6.92 Å². The molecule has 1 aliphatic rings. The van der Waals surface area contributed by atoms with E-state index in [2.05, 4.69) is 45.7 Å². The number of piperazine rings is 1. The monoisotopic (exact) mass is 276 g/mol. The number of benzene rings is 1. The lowest BCUT2D eigenvalue weighted by Crippen LogP contribution is -2.46. The van der Waals surface area contributed by atoms with Crippen LogP contribution in [0.25, 0.3) is 0 Å². The lowest BCUT2D eigenvalue weighted by Gasteiger charge is -2.36. The average molecular weight is 276 g/mol. The van der Waals surface area contributed by atoms with Gasteiger partial charge in [-0.3, -0.25) is 9.69 Å². The molecule has 1 saturated heterocycles. The SMILES string of the molecule is COC(=O)CCCN1CCN(c2cccc(C)c2)CC1. The summed E-state index contributed by atoms with van der Waals surface area (Å²) in [6.07, 6.45) is 1.41. The molecule has 0 atom stereocenters. The zero-order valence-electron chi connectivity index (χ0n) is 12.5. The van der Waals surface area contributed by atoms with Gasteiger partial charge in [-0.05, 0) is 37.6 Å². The summed E-state index contributed by atoms with van der Waals surface area (Å²) < 4.78 is 4.66. The van der Waals surface area contributed by atoms with Gasteiger partial charge in [0, 0.05) is 38.3 Å². The fourth-order valence-corrected chi connectivity index (χ4v) is 2.60. The minimum atomic E-state index is -0.108. The van der Waals surface area contributed by atoms with Crippen LogP contribution >= 0.6 is 0 Å². The maximum atomic E-state index is 11.1. The van der Waals surface area contributed by atoms with Crippen molar-refractivity contribution in [1.29, 1.82) is 0 Å². The fourth-order valence-electron chi connectivity index (χ4n) is 2.60. The quantitative estimate of drug-likeness (QED) is 0.771. The molecule has 1 aliphatic heterocycles. The maximum Gasteiger partial charge on any atom is 0.305 e. The number of carbonyl (C=O) groups excluding carboxylic acids is 1. The van der Waals surface area contributed by atoms with Gasteiger partial charge in [0.25, 0.3) is 0 Å². The number of methoxy groups -OCH3 is 1. The lowest BCUT2D eigenvalue weighted by atomic mass is 10.2. The molecule has 20 heavy (non-hydrogen) atoms. The summed E-state index contributed by atoms with van der Waals surface area (Å²) in [6, 6.07) is 8.67. The van der Waals surface area contributed by atoms with Crippen molar-refractivity contribution in [3.8, 4) is 0 Å². The van der Waals surface area contributed by atoms with Gasteiger partial charge in [-0.1, -0.05) is 12.1 Å². The molecule has 0 saturated carbocycles. The van der Waals surface area contributed by atoms with Crippen LogP contribution in [0.5, 0.6) is 0 Å². The Hall–Kier alpha value is -1.55. The van der Waals surface area contributed by atoms with Gasteiger partial charge < -0.3 is 9.64 Å². The third-order valence-corrected chi connectivity index (χ3v) is 3.82. The van der Waals surface area contributed by atoms with Crippen molar-refractivity contribution >= 4 is 11.7 Å². The molecule has 110 valence electrons. The number of carbonyl (C=O) groups is 1. The van der Waals surface area contributed by atoms with Crippen LogP contribution < -0.4 is 4.90 Å². The van der Waals surface area contributed by atoms with Gasteiger partial charge in [0.1, 0.15) is 0 Å². The van der Waals surface area contributed by atoms with Gasteiger partial charge in [-0.25, -0.2) is 0 Å². The van der Waals surface area contributed by atoms with Crippen LogP contribution in [0.1, 0.15) is 18.4 Å². The molecule has 0 N–H and O–H groups in total. The first-order valence-corrected chi connectivity index (χ1v) is 7.30. The molecule has 0 aliphatic carbocycles. The molecule has 1 aromatic rings. The minimum absolute atomic E-state index is 0.108. The summed E-state index contributed by atoms with van der Waals surface area (Å²) >= 11 is 0. The highest BCUT2D eigenvalue weighted by Crippen LogP contribution is 2.17. The van der Waals surface area contributed by atoms with E-state index in [4.69, 9.17) is 0 Å². The maximum absolute atomic E-state index is 11.1. The first-order valence-electron chi connectivity index (χ1n) is 7.30. The minimum Gasteiger partial charge on any atom is -0.469 e. The van der Waals surface area contributed by atoms with E-state index in [0.717, 1.165) is 39.1 Å². The highest BCUT2D eigenvalue weighted by atomic mass is 16.5. The van der Waals surface area contributed by atoms with Crippen LogP contribution in [0.15, 0.2) is 24.3 Å². The molecule has 0 spiro atoms. The molecule has 0 bridgehead atoms. The molecule has 2 rings (SSSR count). The van der Waals surface area contributed by atoms with Crippen LogP contribution in [0.4, 0.5) is 5.69 Å². The van der Waals surface area contributed by atoms with Crippen molar-refractivity contribution < 1.29 is 9.53 Å². The average Bonchev–Trinajstić information content (AvgIpc) is 2.48. The van der Waals surface area contributed by atoms with Gasteiger partial charge in [0.15, 0.2) is 0 Å². The normalized spacial score (nSPS) is 16.2. The van der Waals surface area contributed by atoms with Crippen LogP contribution in [0.3, 0.4) is 0 Å². The number of anilines is 1. The molecule has 1 aromatic carbocycles. The Morgan fingerprint density at radius 1 is 1.25 bits per heavy atom. The second-order valence-corrected chi connectivity index (χ2v) is 5.35. The Morgan fingerprint density at radius 3 is 2.65 bits per heavy atom. The number of esters is 1. The summed E-state index contributed by atoms with van der Waals surface area (Å²) in [5, 5.41) is 0. The van der Waals surface area contributed by atoms with Gasteiger partial charge >= 0.3 is 5.97 Å². The predicted molar refractivity (Wildman–Crippen MR) is 81.1 cm³/mol. The molecule has 0 amide bonds. The van der Waals surface area contributed by atoms with Crippen molar-refractivity contribution in [2.24, 2.45) is 0 Å². The first kappa shape index (κ1) is 14.9. The van der Waals surface area contributed by atoms with E-state index >= 15 is 0 Å². The van der Waals surface area contributed by atoms with E-state index in [0.29, 0.717) is 6.42 Å². The van der Waals surface area contributed by atoms with E-state index < -0.39 is 0 Å². The molecule has 0 unspecified atom stereocenters. The second kappa shape index (κ2) is 7.29. The van der Waals surface area contributed by atoms with Crippen molar-refractivity contribution in [1.82, 2.24) is 4.90 Å². The van der Waals surface area contributed by atoms with Crippen LogP contribution in [-0.4, -0.2) is 50.7 Å². The number of rotatable bonds is 5. The summed E-state index contributed by atoms with van der Waals surface area (Å²) in [6.45, 7) is 7.36. The second-order valence-electron chi connectivity index (χ2n) is 5.35. The molecule has 1 fully saturated rings. The molecule has 0 aromatic heterocycles. The summed E-state index contributed by atoms with van der Waals surface area (Å²) in [7, 11) is 1.45. The van der Waals surface area contributed by atoms with E-state index in [1.165, 1.54) is 18.4 Å². The Morgan fingerprint density at radius 2 is 2.00 bits per heavy atom. The van der Waals surface area contributed by atoms with Crippen LogP contribution in [0.2, 0.25) is 0 Å². The molecule has 1 heterocycles. The van der Waals surface area contributed by atoms with Gasteiger partial charge in [-0.2, -0.15) is 0 Å². The topological polar surface area (TPSA) is 32.8 Å².